The van der Waals surface area contributed by atoms with Crippen LogP contribution in [0, 0.1) is 6.42 Å². The molecule has 0 aromatic carbocycles. The number of halogens is 1. The minimum atomic E-state index is -1.24. The summed E-state index contributed by atoms with van der Waals surface area (Å²) in [7, 11) is 0. The standard InChI is InChI=1S/C6H6ClO/c7-6(8)4-2-1-3-5-6/h1-5,8H. The van der Waals surface area contributed by atoms with Crippen LogP contribution < -0.4 is 0 Å². The van der Waals surface area contributed by atoms with Crippen molar-refractivity contribution in [3.05, 3.63) is 30.7 Å². The molecule has 0 amide bonds. The third-order valence-electron chi connectivity index (χ3n) is 0.882. The summed E-state index contributed by atoms with van der Waals surface area (Å²) in [5.41, 5.74) is 0. The molecule has 0 aliphatic heterocycles. The van der Waals surface area contributed by atoms with Crippen molar-refractivity contribution in [2.45, 2.75) is 5.06 Å². The van der Waals surface area contributed by atoms with Crippen LogP contribution in [0.1, 0.15) is 0 Å². The third kappa shape index (κ3) is 1.35. The second-order valence-electron chi connectivity index (χ2n) is 1.64. The van der Waals surface area contributed by atoms with Crippen LogP contribution in [-0.2, 0) is 0 Å². The van der Waals surface area contributed by atoms with Gasteiger partial charge in [-0.3, -0.25) is 0 Å². The Morgan fingerprint density at radius 1 is 1.25 bits per heavy atom. The average Bonchev–Trinajstić information content (AvgIpc) is 1.65. The fourth-order valence-corrected chi connectivity index (χ4v) is 0.646. The van der Waals surface area contributed by atoms with Crippen molar-refractivity contribution in [2.75, 3.05) is 0 Å². The zero-order valence-electron chi connectivity index (χ0n) is 4.21. The van der Waals surface area contributed by atoms with E-state index in [2.05, 4.69) is 0 Å². The van der Waals surface area contributed by atoms with Crippen LogP contribution in [0.15, 0.2) is 24.3 Å². The van der Waals surface area contributed by atoms with E-state index in [0.29, 0.717) is 0 Å². The van der Waals surface area contributed by atoms with Gasteiger partial charge in [-0.25, -0.2) is 0 Å². The molecule has 0 saturated heterocycles. The van der Waals surface area contributed by atoms with Crippen molar-refractivity contribution in [3.63, 3.8) is 0 Å². The lowest BCUT2D eigenvalue weighted by molar-refractivity contribution is 0.217. The third-order valence-corrected chi connectivity index (χ3v) is 1.13. The van der Waals surface area contributed by atoms with Gasteiger partial charge in [-0.05, 0) is 6.08 Å². The Morgan fingerprint density at radius 2 is 2.00 bits per heavy atom. The number of allylic oxidation sites excluding steroid dienone is 2. The molecule has 0 spiro atoms. The molecule has 0 aromatic rings. The van der Waals surface area contributed by atoms with E-state index >= 15 is 0 Å². The van der Waals surface area contributed by atoms with Gasteiger partial charge in [-0.2, -0.15) is 0 Å². The van der Waals surface area contributed by atoms with Gasteiger partial charge in [0.25, 0.3) is 0 Å². The first-order valence-electron chi connectivity index (χ1n) is 2.32. The van der Waals surface area contributed by atoms with Crippen LogP contribution >= 0.6 is 11.6 Å². The number of aliphatic hydroxyl groups is 1. The van der Waals surface area contributed by atoms with Gasteiger partial charge in [0.1, 0.15) is 0 Å². The molecule has 1 aliphatic carbocycles. The SMILES string of the molecule is OC1(Cl)[CH]C=CC=C1. The molecular weight excluding hydrogens is 124 g/mol. The molecule has 0 bridgehead atoms. The van der Waals surface area contributed by atoms with Gasteiger partial charge in [0.2, 0.25) is 0 Å². The number of hydrogen-bond donors (Lipinski definition) is 1. The second-order valence-corrected chi connectivity index (χ2v) is 2.24. The van der Waals surface area contributed by atoms with Crippen molar-refractivity contribution in [3.8, 4) is 0 Å². The lowest BCUT2D eigenvalue weighted by Crippen LogP contribution is -2.17. The summed E-state index contributed by atoms with van der Waals surface area (Å²) < 4.78 is 0. The van der Waals surface area contributed by atoms with Crippen LogP contribution in [0.5, 0.6) is 0 Å². The Kier molecular flexibility index (Phi) is 1.41. The highest BCUT2D eigenvalue weighted by Crippen LogP contribution is 2.19. The van der Waals surface area contributed by atoms with Gasteiger partial charge in [0.15, 0.2) is 5.06 Å². The van der Waals surface area contributed by atoms with Crippen LogP contribution in [0.4, 0.5) is 0 Å². The van der Waals surface area contributed by atoms with E-state index in [1.165, 1.54) is 12.5 Å². The van der Waals surface area contributed by atoms with Crippen molar-refractivity contribution in [1.29, 1.82) is 0 Å². The topological polar surface area (TPSA) is 20.2 Å². The van der Waals surface area contributed by atoms with Gasteiger partial charge in [-0.15, -0.1) is 0 Å². The van der Waals surface area contributed by atoms with Gasteiger partial charge in [-0.1, -0.05) is 29.8 Å². The predicted octanol–water partition coefficient (Wildman–Crippen LogP) is 1.24. The fourth-order valence-electron chi connectivity index (χ4n) is 0.501. The maximum absolute atomic E-state index is 8.95. The smallest absolute Gasteiger partial charge is 0.164 e. The van der Waals surface area contributed by atoms with Gasteiger partial charge < -0.3 is 5.11 Å². The van der Waals surface area contributed by atoms with Gasteiger partial charge >= 0.3 is 0 Å². The van der Waals surface area contributed by atoms with E-state index in [1.807, 2.05) is 0 Å². The maximum atomic E-state index is 8.95. The maximum Gasteiger partial charge on any atom is 0.164 e. The van der Waals surface area contributed by atoms with E-state index in [9.17, 15) is 0 Å². The van der Waals surface area contributed by atoms with Gasteiger partial charge in [0, 0.05) is 6.42 Å². The summed E-state index contributed by atoms with van der Waals surface area (Å²) in [6.07, 6.45) is 8.22. The fraction of sp³-hybridized carbons (Fsp3) is 0.167. The lowest BCUT2D eigenvalue weighted by atomic mass is 10.1. The molecule has 1 aliphatic rings. The predicted molar refractivity (Wildman–Crippen MR) is 33.4 cm³/mol. The van der Waals surface area contributed by atoms with Crippen molar-refractivity contribution < 1.29 is 5.11 Å². The molecule has 1 N–H and O–H groups in total. The zero-order valence-corrected chi connectivity index (χ0v) is 4.97. The number of alkyl halides is 1. The molecule has 8 heavy (non-hydrogen) atoms. The van der Waals surface area contributed by atoms with Crippen LogP contribution in [0.2, 0.25) is 0 Å². The van der Waals surface area contributed by atoms with E-state index in [-0.39, 0.29) is 0 Å². The van der Waals surface area contributed by atoms with E-state index in [4.69, 9.17) is 16.7 Å². The molecule has 1 unspecified atom stereocenters. The largest absolute Gasteiger partial charge is 0.371 e. The van der Waals surface area contributed by atoms with Crippen LogP contribution in [0.25, 0.3) is 0 Å². The Hall–Kier alpha value is -0.270. The minimum absolute atomic E-state index is 1.24. The summed E-state index contributed by atoms with van der Waals surface area (Å²) in [6.45, 7) is 0. The summed E-state index contributed by atoms with van der Waals surface area (Å²) in [5.74, 6) is 0. The molecule has 43 valence electrons. The number of hydrogen-bond acceptors (Lipinski definition) is 1. The van der Waals surface area contributed by atoms with Gasteiger partial charge in [0.05, 0.1) is 0 Å². The normalized spacial score (nSPS) is 35.8. The minimum Gasteiger partial charge on any atom is -0.371 e. The van der Waals surface area contributed by atoms with Crippen molar-refractivity contribution in [1.82, 2.24) is 0 Å². The first kappa shape index (κ1) is 5.86. The van der Waals surface area contributed by atoms with E-state index < -0.39 is 5.06 Å². The summed E-state index contributed by atoms with van der Waals surface area (Å²) in [6, 6.07) is 0. The Labute approximate surface area is 53.3 Å². The molecule has 0 heterocycles. The monoisotopic (exact) mass is 129 g/mol. The van der Waals surface area contributed by atoms with E-state index in [1.54, 1.807) is 18.2 Å². The average molecular weight is 130 g/mol. The van der Waals surface area contributed by atoms with Crippen LogP contribution in [0.3, 0.4) is 0 Å². The zero-order chi connectivity index (χ0) is 6.04. The second kappa shape index (κ2) is 1.92. The molecule has 1 atom stereocenters. The highest BCUT2D eigenvalue weighted by molar-refractivity contribution is 6.25. The lowest BCUT2D eigenvalue weighted by Gasteiger charge is -2.14. The van der Waals surface area contributed by atoms with Crippen molar-refractivity contribution >= 4 is 11.6 Å². The first-order valence-corrected chi connectivity index (χ1v) is 2.70. The summed E-state index contributed by atoms with van der Waals surface area (Å²) in [4.78, 5) is 0. The molecule has 0 saturated carbocycles. The Bertz CT molecular complexity index is 135. The summed E-state index contributed by atoms with van der Waals surface area (Å²) in [5, 5.41) is 7.70. The number of rotatable bonds is 0. The quantitative estimate of drug-likeness (QED) is 0.488. The van der Waals surface area contributed by atoms with Crippen molar-refractivity contribution in [2.24, 2.45) is 0 Å². The molecule has 1 nitrogen and oxygen atoms in total. The first-order chi connectivity index (χ1) is 3.71. The molecule has 2 heteroatoms. The Balaban J connectivity index is 2.65. The molecule has 1 rings (SSSR count). The molecule has 1 radical (unpaired) electrons. The molecule has 0 aromatic heterocycles. The highest BCUT2D eigenvalue weighted by Gasteiger charge is 2.18. The van der Waals surface area contributed by atoms with E-state index in [0.717, 1.165) is 0 Å². The van der Waals surface area contributed by atoms with Crippen LogP contribution in [-0.4, -0.2) is 10.2 Å². The summed E-state index contributed by atoms with van der Waals surface area (Å²) >= 11 is 5.43. The highest BCUT2D eigenvalue weighted by atomic mass is 35.5. The molecule has 0 fully saturated rings. The molecular formula is C6H6ClO. The Morgan fingerprint density at radius 3 is 2.25 bits per heavy atom.